The lowest BCUT2D eigenvalue weighted by atomic mass is 10.0. The highest BCUT2D eigenvalue weighted by Gasteiger charge is 2.10. The van der Waals surface area contributed by atoms with E-state index in [-0.39, 0.29) is 5.91 Å². The maximum Gasteiger partial charge on any atom is 0.255 e. The van der Waals surface area contributed by atoms with E-state index in [1.54, 1.807) is 4.80 Å². The quantitative estimate of drug-likeness (QED) is 0.347. The first-order valence-corrected chi connectivity index (χ1v) is 11.0. The molecule has 0 fully saturated rings. The summed E-state index contributed by atoms with van der Waals surface area (Å²) < 4.78 is 0. The number of hydrogen-bond acceptors (Lipinski definition) is 3. The number of rotatable bonds is 5. The van der Waals surface area contributed by atoms with E-state index >= 15 is 0 Å². The number of amides is 1. The summed E-state index contributed by atoms with van der Waals surface area (Å²) in [6.45, 7) is 4.34. The molecule has 0 bridgehead atoms. The first-order valence-electron chi connectivity index (χ1n) is 11.0. The molecule has 1 heterocycles. The fourth-order valence-electron chi connectivity index (χ4n) is 3.75. The van der Waals surface area contributed by atoms with Gasteiger partial charge < -0.3 is 5.32 Å². The fraction of sp³-hybridized carbons (Fsp3) is 0.107. The summed E-state index contributed by atoms with van der Waals surface area (Å²) in [6, 6.07) is 31.5. The molecule has 0 aliphatic carbocycles. The van der Waals surface area contributed by atoms with Crippen molar-refractivity contribution in [3.63, 3.8) is 0 Å². The number of fused-ring (bicyclic) bond motifs is 1. The third-order valence-corrected chi connectivity index (χ3v) is 5.68. The lowest BCUT2D eigenvalue weighted by Gasteiger charge is -2.06. The monoisotopic (exact) mass is 432 g/mol. The molecule has 0 atom stereocenters. The second kappa shape index (κ2) is 8.71. The van der Waals surface area contributed by atoms with E-state index in [2.05, 4.69) is 53.6 Å². The molecule has 4 aromatic carbocycles. The van der Waals surface area contributed by atoms with E-state index in [0.717, 1.165) is 27.8 Å². The average Bonchev–Trinajstić information content (AvgIpc) is 3.28. The Hall–Kier alpha value is -4.25. The Bertz CT molecular complexity index is 1400. The number of anilines is 1. The van der Waals surface area contributed by atoms with Crippen LogP contribution in [0.25, 0.3) is 27.8 Å². The van der Waals surface area contributed by atoms with Crippen molar-refractivity contribution in [3.8, 4) is 16.8 Å². The molecule has 33 heavy (non-hydrogen) atoms. The minimum absolute atomic E-state index is 0.161. The average molecular weight is 433 g/mol. The Labute approximate surface area is 192 Å². The van der Waals surface area contributed by atoms with Crippen LogP contribution in [0, 0.1) is 0 Å². The maximum atomic E-state index is 12.8. The van der Waals surface area contributed by atoms with Crippen molar-refractivity contribution < 1.29 is 4.79 Å². The normalized spacial score (nSPS) is 11.1. The molecule has 0 unspecified atom stereocenters. The Morgan fingerprint density at radius 3 is 2.12 bits per heavy atom. The predicted octanol–water partition coefficient (Wildman–Crippen LogP) is 6.46. The first kappa shape index (κ1) is 20.6. The van der Waals surface area contributed by atoms with Crippen LogP contribution in [0.4, 0.5) is 5.69 Å². The van der Waals surface area contributed by atoms with Crippen molar-refractivity contribution in [2.75, 3.05) is 5.32 Å². The van der Waals surface area contributed by atoms with Gasteiger partial charge in [0.05, 0.1) is 5.69 Å². The summed E-state index contributed by atoms with van der Waals surface area (Å²) in [7, 11) is 0. The van der Waals surface area contributed by atoms with Gasteiger partial charge in [0, 0.05) is 11.3 Å². The molecule has 1 amide bonds. The molecule has 0 spiro atoms. The SMILES string of the molecule is CC(C)c1ccc(-n2nc3ccc(NC(=O)c4ccc(-c5ccccc5)cc4)cc3n2)cc1. The van der Waals surface area contributed by atoms with Gasteiger partial charge in [0.15, 0.2) is 0 Å². The molecule has 1 aromatic heterocycles. The minimum Gasteiger partial charge on any atom is -0.322 e. The van der Waals surface area contributed by atoms with Crippen LogP contribution in [-0.4, -0.2) is 20.9 Å². The van der Waals surface area contributed by atoms with Crippen LogP contribution in [0.2, 0.25) is 0 Å². The number of nitrogens with zero attached hydrogens (tertiary/aromatic N) is 3. The Morgan fingerprint density at radius 1 is 0.758 bits per heavy atom. The van der Waals surface area contributed by atoms with Crippen molar-refractivity contribution in [2.24, 2.45) is 0 Å². The van der Waals surface area contributed by atoms with Gasteiger partial charge in [-0.25, -0.2) is 0 Å². The second-order valence-electron chi connectivity index (χ2n) is 8.34. The molecule has 0 aliphatic rings. The van der Waals surface area contributed by atoms with Crippen LogP contribution in [-0.2, 0) is 0 Å². The number of benzene rings is 4. The smallest absolute Gasteiger partial charge is 0.255 e. The number of aromatic nitrogens is 3. The highest BCUT2D eigenvalue weighted by molar-refractivity contribution is 6.05. The van der Waals surface area contributed by atoms with Gasteiger partial charge in [-0.05, 0) is 65.1 Å². The Balaban J connectivity index is 1.33. The van der Waals surface area contributed by atoms with Gasteiger partial charge in [0.2, 0.25) is 0 Å². The molecule has 0 radical (unpaired) electrons. The molecule has 5 nitrogen and oxygen atoms in total. The number of nitrogens with one attached hydrogen (secondary N) is 1. The van der Waals surface area contributed by atoms with E-state index < -0.39 is 0 Å². The minimum atomic E-state index is -0.161. The zero-order valence-electron chi connectivity index (χ0n) is 18.6. The zero-order chi connectivity index (χ0) is 22.8. The molecular weight excluding hydrogens is 408 g/mol. The molecule has 5 rings (SSSR count). The molecule has 0 saturated carbocycles. The van der Waals surface area contributed by atoms with Crippen LogP contribution >= 0.6 is 0 Å². The van der Waals surface area contributed by atoms with Crippen LogP contribution < -0.4 is 5.32 Å². The third kappa shape index (κ3) is 4.39. The third-order valence-electron chi connectivity index (χ3n) is 5.68. The van der Waals surface area contributed by atoms with E-state index in [4.69, 9.17) is 0 Å². The van der Waals surface area contributed by atoms with Gasteiger partial charge in [0.1, 0.15) is 11.0 Å². The van der Waals surface area contributed by atoms with Crippen molar-refractivity contribution >= 4 is 22.6 Å². The van der Waals surface area contributed by atoms with Gasteiger partial charge >= 0.3 is 0 Å². The van der Waals surface area contributed by atoms with Crippen LogP contribution in [0.3, 0.4) is 0 Å². The summed E-state index contributed by atoms with van der Waals surface area (Å²) >= 11 is 0. The van der Waals surface area contributed by atoms with E-state index in [1.807, 2.05) is 72.8 Å². The molecule has 1 N–H and O–H groups in total. The topological polar surface area (TPSA) is 59.8 Å². The highest BCUT2D eigenvalue weighted by Crippen LogP contribution is 2.22. The molecule has 5 heteroatoms. The Morgan fingerprint density at radius 2 is 1.42 bits per heavy atom. The standard InChI is InChI=1S/C28H24N4O/c1-19(2)20-12-15-25(16-13-20)32-30-26-17-14-24(18-27(26)31-32)29-28(33)23-10-8-22(9-11-23)21-6-4-3-5-7-21/h3-19H,1-2H3,(H,29,33). The van der Waals surface area contributed by atoms with Gasteiger partial charge in [-0.3, -0.25) is 4.79 Å². The van der Waals surface area contributed by atoms with Crippen molar-refractivity contribution in [1.29, 1.82) is 0 Å². The predicted molar refractivity (Wildman–Crippen MR) is 133 cm³/mol. The van der Waals surface area contributed by atoms with Gasteiger partial charge in [-0.15, -0.1) is 10.2 Å². The summed E-state index contributed by atoms with van der Waals surface area (Å²) in [5, 5.41) is 12.1. The molecule has 0 aliphatic heterocycles. The lowest BCUT2D eigenvalue weighted by Crippen LogP contribution is -2.11. The summed E-state index contributed by atoms with van der Waals surface area (Å²) in [5.74, 6) is 0.315. The highest BCUT2D eigenvalue weighted by atomic mass is 16.1. The second-order valence-corrected chi connectivity index (χ2v) is 8.34. The maximum absolute atomic E-state index is 12.8. The number of carbonyl (C=O) groups is 1. The molecular formula is C28H24N4O. The van der Waals surface area contributed by atoms with Crippen molar-refractivity contribution in [2.45, 2.75) is 19.8 Å². The van der Waals surface area contributed by atoms with E-state index in [1.165, 1.54) is 5.56 Å². The Kier molecular flexibility index (Phi) is 5.45. The van der Waals surface area contributed by atoms with Gasteiger partial charge in [0.25, 0.3) is 5.91 Å². The molecule has 0 saturated heterocycles. The summed E-state index contributed by atoms with van der Waals surface area (Å²) in [6.07, 6.45) is 0. The number of carbonyl (C=O) groups excluding carboxylic acids is 1. The summed E-state index contributed by atoms with van der Waals surface area (Å²) in [4.78, 5) is 14.4. The van der Waals surface area contributed by atoms with Gasteiger partial charge in [-0.2, -0.15) is 4.80 Å². The van der Waals surface area contributed by atoms with Crippen molar-refractivity contribution in [3.05, 3.63) is 108 Å². The molecule has 162 valence electrons. The fourth-order valence-corrected chi connectivity index (χ4v) is 3.75. The zero-order valence-corrected chi connectivity index (χ0v) is 18.6. The van der Waals surface area contributed by atoms with E-state index in [0.29, 0.717) is 17.2 Å². The van der Waals surface area contributed by atoms with E-state index in [9.17, 15) is 4.79 Å². The van der Waals surface area contributed by atoms with Gasteiger partial charge in [-0.1, -0.05) is 68.4 Å². The number of hydrogen-bond donors (Lipinski definition) is 1. The summed E-state index contributed by atoms with van der Waals surface area (Å²) in [5.41, 5.74) is 7.15. The van der Waals surface area contributed by atoms with Crippen molar-refractivity contribution in [1.82, 2.24) is 15.0 Å². The largest absolute Gasteiger partial charge is 0.322 e. The lowest BCUT2D eigenvalue weighted by molar-refractivity contribution is 0.102. The molecule has 5 aromatic rings. The van der Waals surface area contributed by atoms with Crippen LogP contribution in [0.15, 0.2) is 97.1 Å². The van der Waals surface area contributed by atoms with Crippen LogP contribution in [0.5, 0.6) is 0 Å². The van der Waals surface area contributed by atoms with Crippen LogP contribution in [0.1, 0.15) is 35.7 Å². The first-order chi connectivity index (χ1) is 16.1.